The molecule has 2 fully saturated rings. The number of rotatable bonds is 7. The van der Waals surface area contributed by atoms with E-state index in [4.69, 9.17) is 11.6 Å². The van der Waals surface area contributed by atoms with Gasteiger partial charge < -0.3 is 9.80 Å². The fourth-order valence-corrected chi connectivity index (χ4v) is 6.40. The molecule has 1 spiro atoms. The van der Waals surface area contributed by atoms with Crippen molar-refractivity contribution in [1.82, 2.24) is 9.88 Å². The smallest absolute Gasteiger partial charge is 0.268 e. The zero-order valence-corrected chi connectivity index (χ0v) is 20.9. The van der Waals surface area contributed by atoms with Gasteiger partial charge >= 0.3 is 0 Å². The molecule has 2 aromatic rings. The van der Waals surface area contributed by atoms with Crippen LogP contribution in [0.1, 0.15) is 33.1 Å². The molecule has 2 heterocycles. The van der Waals surface area contributed by atoms with Crippen LogP contribution in [-0.4, -0.2) is 51.0 Å². The van der Waals surface area contributed by atoms with Crippen molar-refractivity contribution in [3.63, 3.8) is 0 Å². The summed E-state index contributed by atoms with van der Waals surface area (Å²) in [6.07, 6.45) is 3.04. The van der Waals surface area contributed by atoms with Crippen molar-refractivity contribution in [3.05, 3.63) is 46.9 Å². The van der Waals surface area contributed by atoms with Gasteiger partial charge in [0, 0.05) is 31.7 Å². The van der Waals surface area contributed by atoms with E-state index in [1.807, 2.05) is 9.62 Å². The summed E-state index contributed by atoms with van der Waals surface area (Å²) in [5, 5.41) is -0.457. The Kier molecular flexibility index (Phi) is 6.78. The van der Waals surface area contributed by atoms with Gasteiger partial charge in [0.05, 0.1) is 5.69 Å². The van der Waals surface area contributed by atoms with Crippen LogP contribution in [0.5, 0.6) is 0 Å². The summed E-state index contributed by atoms with van der Waals surface area (Å²) in [5.41, 5.74) is 0.202. The first-order chi connectivity index (χ1) is 15.9. The molecular formula is C23H28ClF3N4O2S. The van der Waals surface area contributed by atoms with Crippen LogP contribution in [0.25, 0.3) is 0 Å². The quantitative estimate of drug-likeness (QED) is 0.419. The van der Waals surface area contributed by atoms with Crippen LogP contribution in [0.15, 0.2) is 29.2 Å². The zero-order valence-electron chi connectivity index (χ0n) is 19.3. The lowest BCUT2D eigenvalue weighted by atomic mass is 9.59. The van der Waals surface area contributed by atoms with Gasteiger partial charge in [0.15, 0.2) is 10.7 Å². The molecule has 1 aliphatic heterocycles. The number of anilines is 2. The number of sulfonamides is 1. The van der Waals surface area contributed by atoms with E-state index >= 15 is 8.78 Å². The summed E-state index contributed by atoms with van der Waals surface area (Å²) in [5.74, 6) is -3.51. The van der Waals surface area contributed by atoms with E-state index in [0.29, 0.717) is 25.0 Å². The third-order valence-electron chi connectivity index (χ3n) is 7.29. The molecule has 1 aromatic heterocycles. The molecule has 0 bridgehead atoms. The molecule has 0 amide bonds. The molecule has 1 N–H and O–H groups in total. The standard InChI is InChI=1S/C23H28ClF3N4O2S/c1-14(2)30(3)12-15-7-8-23(15)9-10-31(13-23)17-11-16(25)22(21(27)20(17)24)34(32,33)29-19-6-4-5-18(26)28-19/h4-6,11,14-15H,7-10,12-13H2,1-3H3,(H,28,29)/t15-,23+/m1/s1. The van der Waals surface area contributed by atoms with Gasteiger partial charge in [0.2, 0.25) is 5.95 Å². The summed E-state index contributed by atoms with van der Waals surface area (Å²) in [4.78, 5) is 6.30. The molecule has 1 saturated carbocycles. The Morgan fingerprint density at radius 1 is 1.29 bits per heavy atom. The van der Waals surface area contributed by atoms with Crippen LogP contribution >= 0.6 is 11.6 Å². The van der Waals surface area contributed by atoms with Crippen molar-refractivity contribution in [3.8, 4) is 0 Å². The van der Waals surface area contributed by atoms with Gasteiger partial charge in [0.25, 0.3) is 10.0 Å². The highest BCUT2D eigenvalue weighted by Crippen LogP contribution is 2.54. The van der Waals surface area contributed by atoms with Crippen LogP contribution in [0.4, 0.5) is 24.7 Å². The monoisotopic (exact) mass is 516 g/mol. The van der Waals surface area contributed by atoms with E-state index in [-0.39, 0.29) is 11.1 Å². The molecule has 1 saturated heterocycles. The minimum Gasteiger partial charge on any atom is -0.370 e. The number of nitrogens with zero attached hydrogens (tertiary/aromatic N) is 3. The number of pyridine rings is 1. The van der Waals surface area contributed by atoms with E-state index in [9.17, 15) is 12.8 Å². The SMILES string of the molecule is CC(C)N(C)C[C@H]1CC[C@@]12CCN(c1cc(F)c(S(=O)(=O)Nc3cccc(F)n3)c(F)c1Cl)C2. The molecular weight excluding hydrogens is 489 g/mol. The van der Waals surface area contributed by atoms with Crippen molar-refractivity contribution in [1.29, 1.82) is 0 Å². The van der Waals surface area contributed by atoms with Crippen LogP contribution in [0.3, 0.4) is 0 Å². The van der Waals surface area contributed by atoms with Crippen molar-refractivity contribution in [2.24, 2.45) is 11.3 Å². The maximum Gasteiger partial charge on any atom is 0.268 e. The predicted molar refractivity (Wildman–Crippen MR) is 126 cm³/mol. The number of hydrogen-bond acceptors (Lipinski definition) is 5. The van der Waals surface area contributed by atoms with Crippen LogP contribution in [0.2, 0.25) is 5.02 Å². The molecule has 0 unspecified atom stereocenters. The lowest BCUT2D eigenvalue weighted by Crippen LogP contribution is -2.48. The molecule has 1 aromatic carbocycles. The number of aromatic nitrogens is 1. The van der Waals surface area contributed by atoms with Crippen molar-refractivity contribution in [2.45, 2.75) is 44.0 Å². The fraction of sp³-hybridized carbons (Fsp3) is 0.522. The highest BCUT2D eigenvalue weighted by atomic mass is 35.5. The summed E-state index contributed by atoms with van der Waals surface area (Å²) >= 11 is 6.24. The second-order valence-corrected chi connectivity index (χ2v) is 11.6. The summed E-state index contributed by atoms with van der Waals surface area (Å²) in [6.45, 7) is 6.44. The van der Waals surface area contributed by atoms with E-state index in [2.05, 4.69) is 30.8 Å². The first-order valence-electron chi connectivity index (χ1n) is 11.2. The molecule has 6 nitrogen and oxygen atoms in total. The first kappa shape index (κ1) is 25.1. The lowest BCUT2D eigenvalue weighted by Gasteiger charge is -2.49. The van der Waals surface area contributed by atoms with E-state index in [1.165, 1.54) is 12.1 Å². The molecule has 2 aliphatic rings. The maximum atomic E-state index is 15.2. The van der Waals surface area contributed by atoms with Crippen LogP contribution in [0, 0.1) is 28.9 Å². The Hall–Kier alpha value is -2.04. The second kappa shape index (κ2) is 9.20. The molecule has 1 aliphatic carbocycles. The first-order valence-corrected chi connectivity index (χ1v) is 13.1. The molecule has 4 rings (SSSR count). The minimum absolute atomic E-state index is 0.0643. The van der Waals surface area contributed by atoms with Crippen molar-refractivity contribution in [2.75, 3.05) is 36.3 Å². The highest BCUT2D eigenvalue weighted by Gasteiger charge is 2.51. The minimum atomic E-state index is -4.74. The van der Waals surface area contributed by atoms with Gasteiger partial charge in [-0.3, -0.25) is 4.72 Å². The summed E-state index contributed by atoms with van der Waals surface area (Å²) < 4.78 is 70.7. The number of halogens is 4. The normalized spacial score (nSPS) is 22.6. The molecule has 0 radical (unpaired) electrons. The van der Waals surface area contributed by atoms with E-state index in [1.54, 1.807) is 0 Å². The third-order valence-corrected chi connectivity index (χ3v) is 9.04. The topological polar surface area (TPSA) is 65.5 Å². The van der Waals surface area contributed by atoms with Gasteiger partial charge in [-0.1, -0.05) is 17.7 Å². The van der Waals surface area contributed by atoms with Crippen LogP contribution < -0.4 is 9.62 Å². The largest absolute Gasteiger partial charge is 0.370 e. The fourth-order valence-electron chi connectivity index (χ4n) is 4.93. The number of benzene rings is 1. The van der Waals surface area contributed by atoms with Gasteiger partial charge in [-0.25, -0.2) is 22.2 Å². The van der Waals surface area contributed by atoms with Gasteiger partial charge in [-0.05, 0) is 63.6 Å². The Balaban J connectivity index is 1.57. The van der Waals surface area contributed by atoms with Crippen molar-refractivity contribution >= 4 is 33.1 Å². The maximum absolute atomic E-state index is 15.2. The third kappa shape index (κ3) is 4.59. The zero-order chi connectivity index (χ0) is 24.8. The Bertz CT molecular complexity index is 1200. The Labute approximate surface area is 203 Å². The Morgan fingerprint density at radius 2 is 2.03 bits per heavy atom. The molecule has 11 heteroatoms. The molecule has 34 heavy (non-hydrogen) atoms. The van der Waals surface area contributed by atoms with Crippen molar-refractivity contribution < 1.29 is 21.6 Å². The van der Waals surface area contributed by atoms with Crippen LogP contribution in [-0.2, 0) is 10.0 Å². The molecule has 2 atom stereocenters. The van der Waals surface area contributed by atoms with E-state index < -0.39 is 43.3 Å². The van der Waals surface area contributed by atoms with E-state index in [0.717, 1.165) is 37.9 Å². The summed E-state index contributed by atoms with van der Waals surface area (Å²) in [7, 11) is -2.64. The highest BCUT2D eigenvalue weighted by molar-refractivity contribution is 7.92. The van der Waals surface area contributed by atoms with Gasteiger partial charge in [0.1, 0.15) is 16.7 Å². The summed E-state index contributed by atoms with van der Waals surface area (Å²) in [6, 6.07) is 4.80. The van der Waals surface area contributed by atoms with Gasteiger partial charge in [-0.2, -0.15) is 4.39 Å². The second-order valence-electron chi connectivity index (χ2n) is 9.59. The Morgan fingerprint density at radius 3 is 2.65 bits per heavy atom. The molecule has 186 valence electrons. The van der Waals surface area contributed by atoms with Gasteiger partial charge in [-0.15, -0.1) is 0 Å². The average Bonchev–Trinajstić information content (AvgIpc) is 3.21. The number of nitrogens with one attached hydrogen (secondary N) is 1. The predicted octanol–water partition coefficient (Wildman–Crippen LogP) is 4.90. The average molecular weight is 517 g/mol. The number of hydrogen-bond donors (Lipinski definition) is 1. The lowest BCUT2D eigenvalue weighted by molar-refractivity contribution is 0.0214.